The van der Waals surface area contributed by atoms with E-state index in [2.05, 4.69) is 16.7 Å². The third kappa shape index (κ3) is 6.38. The summed E-state index contributed by atoms with van der Waals surface area (Å²) in [6, 6.07) is 8.29. The highest BCUT2D eigenvalue weighted by Gasteiger charge is 2.54. The quantitative estimate of drug-likeness (QED) is 0.184. The molecule has 1 aromatic carbocycles. The second kappa shape index (κ2) is 11.3. The van der Waals surface area contributed by atoms with Gasteiger partial charge in [0.05, 0.1) is 6.61 Å². The Morgan fingerprint density at radius 2 is 2.11 bits per heavy atom. The molecule has 0 aliphatic carbocycles. The molecule has 0 spiro atoms. The number of benzene rings is 1. The molecule has 0 radical (unpaired) electrons. The van der Waals surface area contributed by atoms with Gasteiger partial charge in [-0.2, -0.15) is 10.1 Å². The number of nitrogens with two attached hydrogens (primary N) is 1. The van der Waals surface area contributed by atoms with Crippen molar-refractivity contribution < 1.29 is 38.1 Å². The van der Waals surface area contributed by atoms with Crippen molar-refractivity contribution in [1.82, 2.24) is 14.6 Å². The third-order valence-corrected chi connectivity index (χ3v) is 6.93. The molecule has 36 heavy (non-hydrogen) atoms. The van der Waals surface area contributed by atoms with E-state index < -0.39 is 56.1 Å². The van der Waals surface area contributed by atoms with Crippen LogP contribution in [-0.4, -0.2) is 62.8 Å². The predicted molar refractivity (Wildman–Crippen MR) is 128 cm³/mol. The number of rotatable bonds is 11. The van der Waals surface area contributed by atoms with Crippen molar-refractivity contribution in [2.45, 2.75) is 43.9 Å². The van der Waals surface area contributed by atoms with Gasteiger partial charge >= 0.3 is 19.4 Å². The van der Waals surface area contributed by atoms with E-state index in [1.165, 1.54) is 44.3 Å². The van der Waals surface area contributed by atoms with Gasteiger partial charge in [-0.1, -0.05) is 30.9 Å². The Balaban J connectivity index is 1.78. The number of para-hydroxylation sites is 1. The van der Waals surface area contributed by atoms with Crippen LogP contribution >= 0.6 is 7.75 Å². The van der Waals surface area contributed by atoms with Gasteiger partial charge < -0.3 is 29.9 Å². The molecule has 1 aliphatic heterocycles. The molecule has 0 saturated carbocycles. The number of aliphatic hydroxyl groups is 2. The minimum absolute atomic E-state index is 0.0277. The zero-order valence-electron chi connectivity index (χ0n) is 19.7. The number of aliphatic hydroxyl groups excluding tert-OH is 1. The smallest absolute Gasteiger partial charge is 0.459 e. The normalized spacial score (nSPS) is 26.1. The number of aromatic nitrogens is 2. The molecule has 14 heteroatoms. The van der Waals surface area contributed by atoms with Gasteiger partial charge in [0.25, 0.3) is 0 Å². The molecule has 2 heterocycles. The van der Waals surface area contributed by atoms with E-state index in [0.29, 0.717) is 0 Å². The molecule has 13 nitrogen and oxygen atoms in total. The fourth-order valence-corrected chi connectivity index (χ4v) is 4.92. The van der Waals surface area contributed by atoms with Gasteiger partial charge in [-0.3, -0.25) is 13.9 Å². The van der Waals surface area contributed by atoms with Crippen LogP contribution in [0.4, 0.5) is 5.82 Å². The van der Waals surface area contributed by atoms with E-state index >= 15 is 0 Å². The number of nitrogens with zero attached hydrogens (tertiary/aromatic N) is 2. The first-order valence-electron chi connectivity index (χ1n) is 10.9. The molecule has 1 aliphatic rings. The number of hydrogen-bond acceptors (Lipinski definition) is 11. The lowest BCUT2D eigenvalue weighted by Gasteiger charge is -2.27. The van der Waals surface area contributed by atoms with Crippen LogP contribution in [-0.2, 0) is 23.4 Å². The number of ether oxygens (including phenoxy) is 2. The molecular weight excluding hydrogens is 495 g/mol. The van der Waals surface area contributed by atoms with Crippen molar-refractivity contribution >= 4 is 19.5 Å². The average molecular weight is 524 g/mol. The number of hydrogen-bond donors (Lipinski definition) is 4. The number of carbonyl (C=O) groups is 1. The summed E-state index contributed by atoms with van der Waals surface area (Å²) in [5.41, 5.74) is 2.75. The summed E-state index contributed by atoms with van der Waals surface area (Å²) in [7, 11) is -4.26. The molecule has 1 aromatic heterocycles. The van der Waals surface area contributed by atoms with Gasteiger partial charge in [0.2, 0.25) is 0 Å². The fourth-order valence-electron chi connectivity index (χ4n) is 3.42. The minimum atomic E-state index is -4.26. The Morgan fingerprint density at radius 1 is 1.42 bits per heavy atom. The number of nitrogens with one attached hydrogen (secondary N) is 1. The van der Waals surface area contributed by atoms with E-state index in [4.69, 9.17) is 24.3 Å². The van der Waals surface area contributed by atoms with Crippen LogP contribution in [0.3, 0.4) is 0 Å². The zero-order valence-corrected chi connectivity index (χ0v) is 20.6. The summed E-state index contributed by atoms with van der Waals surface area (Å²) in [5.74, 6) is -0.580. The van der Waals surface area contributed by atoms with Crippen molar-refractivity contribution in [3.63, 3.8) is 0 Å². The van der Waals surface area contributed by atoms with Crippen LogP contribution in [0.15, 0.2) is 60.0 Å². The molecule has 6 atom stereocenters. The van der Waals surface area contributed by atoms with Gasteiger partial charge in [0, 0.05) is 6.20 Å². The highest BCUT2D eigenvalue weighted by molar-refractivity contribution is 7.52. The molecule has 5 N–H and O–H groups in total. The SMILES string of the molecule is C=CCOC(=O)[C@H](C)N[P@](=O)(OC[C@H]1O[C@@H](n2ccc(N)nc2=O)[C@](C)(O)[C@@H]1O)Oc1ccccc1. The predicted octanol–water partition coefficient (Wildman–Crippen LogP) is 0.746. The van der Waals surface area contributed by atoms with Crippen molar-refractivity contribution in [2.75, 3.05) is 18.9 Å². The summed E-state index contributed by atoms with van der Waals surface area (Å²) >= 11 is 0. The van der Waals surface area contributed by atoms with Crippen LogP contribution in [0, 0.1) is 0 Å². The lowest BCUT2D eigenvalue weighted by atomic mass is 9.96. The van der Waals surface area contributed by atoms with Crippen molar-refractivity contribution in [2.24, 2.45) is 0 Å². The molecular formula is C22H29N4O9P. The zero-order chi connectivity index (χ0) is 26.5. The Bertz CT molecular complexity index is 1170. The first-order chi connectivity index (χ1) is 17.0. The Hall–Kier alpha value is -3.06. The second-order valence-corrected chi connectivity index (χ2v) is 9.90. The molecule has 2 aromatic rings. The Kier molecular flexibility index (Phi) is 8.67. The molecule has 196 valence electrons. The number of carbonyl (C=O) groups excluding carboxylic acids is 1. The lowest BCUT2D eigenvalue weighted by Crippen LogP contribution is -2.46. The molecule has 1 fully saturated rings. The van der Waals surface area contributed by atoms with Gasteiger partial charge in [-0.15, -0.1) is 0 Å². The first-order valence-corrected chi connectivity index (χ1v) is 12.5. The number of nitrogen functional groups attached to an aromatic ring is 1. The summed E-state index contributed by atoms with van der Waals surface area (Å²) in [5, 5.41) is 24.1. The Labute approximate surface area is 207 Å². The van der Waals surface area contributed by atoms with Crippen LogP contribution in [0.5, 0.6) is 5.75 Å². The maximum atomic E-state index is 13.6. The minimum Gasteiger partial charge on any atom is -0.460 e. The molecule has 0 unspecified atom stereocenters. The summed E-state index contributed by atoms with van der Waals surface area (Å²) < 4.78 is 36.2. The molecule has 0 amide bonds. The van der Waals surface area contributed by atoms with E-state index in [1.807, 2.05) is 0 Å². The number of esters is 1. The van der Waals surface area contributed by atoms with Gasteiger partial charge in [-0.25, -0.2) is 9.36 Å². The van der Waals surface area contributed by atoms with E-state index in [-0.39, 0.29) is 18.2 Å². The van der Waals surface area contributed by atoms with Crippen LogP contribution in [0.2, 0.25) is 0 Å². The third-order valence-electron chi connectivity index (χ3n) is 5.29. The molecule has 1 saturated heterocycles. The highest BCUT2D eigenvalue weighted by atomic mass is 31.2. The van der Waals surface area contributed by atoms with Crippen LogP contribution in [0.1, 0.15) is 20.1 Å². The van der Waals surface area contributed by atoms with Crippen molar-refractivity contribution in [3.8, 4) is 5.75 Å². The Morgan fingerprint density at radius 3 is 2.75 bits per heavy atom. The average Bonchev–Trinajstić information content (AvgIpc) is 3.05. The molecule has 0 bridgehead atoms. The standard InChI is InChI=1S/C22H29N4O9P/c1-4-12-32-19(28)14(2)25-36(31,35-15-8-6-5-7-9-15)33-13-16-18(27)22(3,30)20(34-16)26-11-10-17(23)24-21(26)29/h4-11,14,16,18,20,27,30H,1,12-13H2,2-3H3,(H,25,31)(H2,23,24,29)/t14-,16+,18+,20+,22+,36-/m0/s1. The van der Waals surface area contributed by atoms with Crippen molar-refractivity contribution in [3.05, 3.63) is 65.7 Å². The van der Waals surface area contributed by atoms with Gasteiger partial charge in [-0.05, 0) is 32.0 Å². The number of anilines is 1. The molecule has 3 rings (SSSR count). The van der Waals surface area contributed by atoms with E-state index in [1.54, 1.807) is 18.2 Å². The van der Waals surface area contributed by atoms with Gasteiger partial charge in [0.15, 0.2) is 6.23 Å². The first kappa shape index (κ1) is 27.5. The summed E-state index contributed by atoms with van der Waals surface area (Å²) in [6.45, 7) is 5.53. The maximum absolute atomic E-state index is 13.6. The monoisotopic (exact) mass is 524 g/mol. The van der Waals surface area contributed by atoms with Crippen LogP contribution in [0.25, 0.3) is 0 Å². The van der Waals surface area contributed by atoms with Crippen molar-refractivity contribution in [1.29, 1.82) is 0 Å². The van der Waals surface area contributed by atoms with Gasteiger partial charge in [0.1, 0.15) is 42.0 Å². The summed E-state index contributed by atoms with van der Waals surface area (Å²) in [6.07, 6.45) is -1.51. The summed E-state index contributed by atoms with van der Waals surface area (Å²) in [4.78, 5) is 28.0. The highest BCUT2D eigenvalue weighted by Crippen LogP contribution is 2.46. The van der Waals surface area contributed by atoms with E-state index in [9.17, 15) is 24.4 Å². The topological polar surface area (TPSA) is 184 Å². The fraction of sp³-hybridized carbons (Fsp3) is 0.409. The largest absolute Gasteiger partial charge is 0.460 e. The lowest BCUT2D eigenvalue weighted by molar-refractivity contribution is -0.144. The van der Waals surface area contributed by atoms with E-state index in [0.717, 1.165) is 4.57 Å². The maximum Gasteiger partial charge on any atom is 0.459 e. The second-order valence-electron chi connectivity index (χ2n) is 8.21. The van der Waals surface area contributed by atoms with Crippen LogP contribution < -0.4 is 21.0 Å².